The highest BCUT2D eigenvalue weighted by molar-refractivity contribution is 5.80. The van der Waals surface area contributed by atoms with Gasteiger partial charge in [0.1, 0.15) is 0 Å². The van der Waals surface area contributed by atoms with Crippen molar-refractivity contribution in [1.82, 2.24) is 0 Å². The number of fused-ring (bicyclic) bond motifs is 1. The SMILES string of the molecule is CC(=CC(=O)O)CCC1(C)C(C)CCC2(C)C(CO)=CCCC21. The number of rotatable bonds is 5. The van der Waals surface area contributed by atoms with E-state index < -0.39 is 5.97 Å². The van der Waals surface area contributed by atoms with Gasteiger partial charge in [0.25, 0.3) is 0 Å². The Balaban J connectivity index is 2.24. The number of aliphatic hydroxyl groups excluding tert-OH is 1. The lowest BCUT2D eigenvalue weighted by Gasteiger charge is -2.58. The lowest BCUT2D eigenvalue weighted by Crippen LogP contribution is -2.50. The lowest BCUT2D eigenvalue weighted by atomic mass is 9.47. The molecule has 0 amide bonds. The molecule has 0 aliphatic heterocycles. The number of carboxylic acid groups (broad SMARTS) is 1. The van der Waals surface area contributed by atoms with Crippen LogP contribution in [0.4, 0.5) is 0 Å². The molecule has 3 nitrogen and oxygen atoms in total. The molecule has 0 saturated heterocycles. The summed E-state index contributed by atoms with van der Waals surface area (Å²) in [7, 11) is 0. The van der Waals surface area contributed by atoms with Crippen LogP contribution in [0.2, 0.25) is 0 Å². The molecule has 0 bridgehead atoms. The first kappa shape index (κ1) is 18.3. The first-order valence-corrected chi connectivity index (χ1v) is 8.94. The predicted octanol–water partition coefficient (Wildman–Crippen LogP) is 4.57. The number of carbonyl (C=O) groups is 1. The van der Waals surface area contributed by atoms with Gasteiger partial charge in [-0.25, -0.2) is 4.79 Å². The highest BCUT2D eigenvalue weighted by atomic mass is 16.4. The van der Waals surface area contributed by atoms with E-state index in [1.54, 1.807) is 0 Å². The largest absolute Gasteiger partial charge is 0.478 e. The molecule has 2 N–H and O–H groups in total. The van der Waals surface area contributed by atoms with Crippen LogP contribution in [0.3, 0.4) is 0 Å². The van der Waals surface area contributed by atoms with Gasteiger partial charge in [0, 0.05) is 6.08 Å². The number of aliphatic carboxylic acids is 1. The Morgan fingerprint density at radius 1 is 1.39 bits per heavy atom. The molecular weight excluding hydrogens is 288 g/mol. The minimum atomic E-state index is -0.850. The van der Waals surface area contributed by atoms with E-state index in [-0.39, 0.29) is 17.4 Å². The van der Waals surface area contributed by atoms with Gasteiger partial charge in [0.05, 0.1) is 6.61 Å². The molecule has 2 aliphatic carbocycles. The fourth-order valence-corrected chi connectivity index (χ4v) is 5.20. The van der Waals surface area contributed by atoms with Gasteiger partial charge >= 0.3 is 5.97 Å². The monoisotopic (exact) mass is 320 g/mol. The van der Waals surface area contributed by atoms with Crippen molar-refractivity contribution in [2.45, 2.75) is 66.2 Å². The van der Waals surface area contributed by atoms with Gasteiger partial charge in [0.15, 0.2) is 0 Å². The van der Waals surface area contributed by atoms with Gasteiger partial charge in [-0.2, -0.15) is 0 Å². The molecule has 3 heteroatoms. The van der Waals surface area contributed by atoms with Crippen LogP contribution in [-0.2, 0) is 4.79 Å². The third-order valence-corrected chi connectivity index (χ3v) is 6.97. The third-order valence-electron chi connectivity index (χ3n) is 6.97. The van der Waals surface area contributed by atoms with Gasteiger partial charge in [0.2, 0.25) is 0 Å². The maximum Gasteiger partial charge on any atom is 0.328 e. The summed E-state index contributed by atoms with van der Waals surface area (Å²) >= 11 is 0. The molecule has 0 heterocycles. The minimum absolute atomic E-state index is 0.110. The summed E-state index contributed by atoms with van der Waals surface area (Å²) in [5.41, 5.74) is 2.49. The average molecular weight is 320 g/mol. The van der Waals surface area contributed by atoms with Crippen LogP contribution in [0, 0.1) is 22.7 Å². The maximum absolute atomic E-state index is 10.9. The topological polar surface area (TPSA) is 57.5 Å². The van der Waals surface area contributed by atoms with Crippen molar-refractivity contribution in [2.24, 2.45) is 22.7 Å². The first-order valence-electron chi connectivity index (χ1n) is 8.94. The van der Waals surface area contributed by atoms with E-state index in [0.717, 1.165) is 31.3 Å². The summed E-state index contributed by atoms with van der Waals surface area (Å²) in [4.78, 5) is 10.9. The molecule has 0 radical (unpaired) electrons. The van der Waals surface area contributed by atoms with E-state index >= 15 is 0 Å². The van der Waals surface area contributed by atoms with Crippen LogP contribution in [0.1, 0.15) is 66.2 Å². The molecule has 0 spiro atoms. The summed E-state index contributed by atoms with van der Waals surface area (Å²) in [6, 6.07) is 0. The molecule has 4 atom stereocenters. The number of hydrogen-bond acceptors (Lipinski definition) is 2. The fraction of sp³-hybridized carbons (Fsp3) is 0.750. The van der Waals surface area contributed by atoms with Crippen LogP contribution in [0.5, 0.6) is 0 Å². The summed E-state index contributed by atoms with van der Waals surface area (Å²) in [6.07, 6.45) is 10.1. The van der Waals surface area contributed by atoms with E-state index in [0.29, 0.717) is 11.8 Å². The van der Waals surface area contributed by atoms with Crippen LogP contribution in [0.15, 0.2) is 23.3 Å². The van der Waals surface area contributed by atoms with Crippen molar-refractivity contribution in [3.63, 3.8) is 0 Å². The molecule has 2 rings (SSSR count). The lowest BCUT2D eigenvalue weighted by molar-refractivity contribution is -0.131. The van der Waals surface area contributed by atoms with Crippen LogP contribution in [-0.4, -0.2) is 22.8 Å². The minimum Gasteiger partial charge on any atom is -0.478 e. The summed E-state index contributed by atoms with van der Waals surface area (Å²) < 4.78 is 0. The maximum atomic E-state index is 10.9. The predicted molar refractivity (Wildman–Crippen MR) is 93.1 cm³/mol. The van der Waals surface area contributed by atoms with Gasteiger partial charge in [-0.3, -0.25) is 0 Å². The number of hydrogen-bond donors (Lipinski definition) is 2. The van der Waals surface area contributed by atoms with Gasteiger partial charge in [-0.1, -0.05) is 32.4 Å². The van der Waals surface area contributed by atoms with Crippen molar-refractivity contribution >= 4 is 5.97 Å². The fourth-order valence-electron chi connectivity index (χ4n) is 5.20. The van der Waals surface area contributed by atoms with Gasteiger partial charge in [-0.15, -0.1) is 0 Å². The summed E-state index contributed by atoms with van der Waals surface area (Å²) in [6.45, 7) is 9.18. The average Bonchev–Trinajstić information content (AvgIpc) is 2.48. The first-order chi connectivity index (χ1) is 10.7. The highest BCUT2D eigenvalue weighted by Crippen LogP contribution is 2.61. The smallest absolute Gasteiger partial charge is 0.328 e. The molecule has 0 aromatic heterocycles. The van der Waals surface area contributed by atoms with Crippen molar-refractivity contribution in [1.29, 1.82) is 0 Å². The quantitative estimate of drug-likeness (QED) is 0.576. The van der Waals surface area contributed by atoms with E-state index in [4.69, 9.17) is 5.11 Å². The standard InChI is InChI=1S/C20H32O3/c1-14(12-18(22)23)8-10-19(3)15(2)9-11-20(4)16(13-21)6-5-7-17(19)20/h6,12,15,17,21H,5,7-11,13H2,1-4H3,(H,22,23). The Kier molecular flexibility index (Phi) is 5.40. The van der Waals surface area contributed by atoms with Crippen LogP contribution in [0.25, 0.3) is 0 Å². The highest BCUT2D eigenvalue weighted by Gasteiger charge is 2.53. The van der Waals surface area contributed by atoms with Crippen molar-refractivity contribution < 1.29 is 15.0 Å². The molecular formula is C20H32O3. The van der Waals surface area contributed by atoms with E-state index in [2.05, 4.69) is 26.8 Å². The number of allylic oxidation sites excluding steroid dienone is 2. The Hall–Kier alpha value is -1.09. The zero-order chi connectivity index (χ0) is 17.3. The van der Waals surface area contributed by atoms with Gasteiger partial charge < -0.3 is 10.2 Å². The second kappa shape index (κ2) is 6.80. The number of aliphatic hydroxyl groups is 1. The zero-order valence-electron chi connectivity index (χ0n) is 15.1. The second-order valence-corrected chi connectivity index (χ2v) is 8.21. The summed E-state index contributed by atoms with van der Waals surface area (Å²) in [5, 5.41) is 18.7. The molecule has 4 unspecified atom stereocenters. The Labute approximate surface area is 140 Å². The Bertz CT molecular complexity index is 519. The second-order valence-electron chi connectivity index (χ2n) is 8.21. The number of carboxylic acids is 1. The van der Waals surface area contributed by atoms with E-state index in [1.807, 2.05) is 6.92 Å². The van der Waals surface area contributed by atoms with Gasteiger partial charge in [-0.05, 0) is 73.7 Å². The van der Waals surface area contributed by atoms with Crippen LogP contribution >= 0.6 is 0 Å². The normalized spacial score (nSPS) is 38.0. The molecule has 1 saturated carbocycles. The molecule has 0 aromatic carbocycles. The molecule has 1 fully saturated rings. The van der Waals surface area contributed by atoms with Crippen molar-refractivity contribution in [3.8, 4) is 0 Å². The van der Waals surface area contributed by atoms with Crippen molar-refractivity contribution in [3.05, 3.63) is 23.3 Å². The molecule has 2 aliphatic rings. The molecule has 23 heavy (non-hydrogen) atoms. The Morgan fingerprint density at radius 3 is 2.70 bits per heavy atom. The molecule has 0 aromatic rings. The third kappa shape index (κ3) is 3.40. The van der Waals surface area contributed by atoms with E-state index in [9.17, 15) is 9.90 Å². The zero-order valence-corrected chi connectivity index (χ0v) is 15.1. The van der Waals surface area contributed by atoms with E-state index in [1.165, 1.54) is 24.5 Å². The van der Waals surface area contributed by atoms with Crippen LogP contribution < -0.4 is 0 Å². The molecule has 130 valence electrons. The Morgan fingerprint density at radius 2 is 2.09 bits per heavy atom. The summed E-state index contributed by atoms with van der Waals surface area (Å²) in [5.74, 6) is 0.358. The van der Waals surface area contributed by atoms with Crippen molar-refractivity contribution in [2.75, 3.05) is 6.61 Å².